The maximum absolute atomic E-state index is 4.95. The molecule has 160 valence electrons. The van der Waals surface area contributed by atoms with Crippen LogP contribution < -0.4 is 10.8 Å². The van der Waals surface area contributed by atoms with Gasteiger partial charge in [-0.25, -0.2) is 29.9 Å². The third-order valence-electron chi connectivity index (χ3n) is 5.84. The van der Waals surface area contributed by atoms with Crippen molar-refractivity contribution in [1.82, 2.24) is 39.0 Å². The predicted octanol–water partition coefficient (Wildman–Crippen LogP) is 2.77. The molecule has 0 saturated carbocycles. The van der Waals surface area contributed by atoms with Crippen molar-refractivity contribution in [2.45, 2.75) is 13.1 Å². The fraction of sp³-hybridized carbons (Fsp3) is 0.0833. The number of hydrogen-bond acceptors (Lipinski definition) is 6. The molecule has 6 heterocycles. The molecule has 0 unspecified atom stereocenters. The smallest absolute Gasteiger partial charge is 0.235 e. The van der Waals surface area contributed by atoms with E-state index >= 15 is 0 Å². The number of aromatic nitrogens is 8. The van der Waals surface area contributed by atoms with E-state index in [-0.39, 0.29) is 0 Å². The van der Waals surface area contributed by atoms with Gasteiger partial charge >= 0.3 is 0 Å². The van der Waals surface area contributed by atoms with Crippen LogP contribution in [0, 0.1) is 0 Å². The third kappa shape index (κ3) is 3.21. The summed E-state index contributed by atoms with van der Waals surface area (Å²) in [5.41, 5.74) is 2.51. The summed E-state index contributed by atoms with van der Waals surface area (Å²) in [6.45, 7) is 4.41. The normalized spacial score (nSPS) is 11.9. The van der Waals surface area contributed by atoms with Crippen molar-refractivity contribution in [3.05, 3.63) is 85.7 Å². The summed E-state index contributed by atoms with van der Waals surface area (Å²) in [5.74, 6) is 1.39. The minimum Gasteiger partial charge on any atom is -0.285 e. The Morgan fingerprint density at radius 1 is 0.636 bits per heavy atom. The SMILES string of the molecule is C[Si](C)(c1ccnc(-n2ccc3cccnc32)n1)c1nccc(-n2ccc3cccnc32)n1. The fourth-order valence-electron chi connectivity index (χ4n) is 3.99. The molecule has 0 fully saturated rings. The second-order valence-corrected chi connectivity index (χ2v) is 12.5. The molecule has 9 heteroatoms. The predicted molar refractivity (Wildman–Crippen MR) is 130 cm³/mol. The van der Waals surface area contributed by atoms with Gasteiger partial charge in [-0.3, -0.25) is 9.13 Å². The molecule has 0 bridgehead atoms. The Balaban J connectivity index is 1.42. The molecule has 0 radical (unpaired) electrons. The maximum Gasteiger partial charge on any atom is 0.235 e. The van der Waals surface area contributed by atoms with E-state index in [2.05, 4.69) is 33.0 Å². The number of hydrogen-bond donors (Lipinski definition) is 0. The van der Waals surface area contributed by atoms with Gasteiger partial charge < -0.3 is 0 Å². The first kappa shape index (κ1) is 19.4. The number of fused-ring (bicyclic) bond motifs is 2. The van der Waals surface area contributed by atoms with Crippen molar-refractivity contribution in [2.75, 3.05) is 0 Å². The van der Waals surface area contributed by atoms with Gasteiger partial charge in [0.25, 0.3) is 0 Å². The van der Waals surface area contributed by atoms with Crippen LogP contribution in [0.15, 0.2) is 85.7 Å². The second kappa shape index (κ2) is 7.42. The molecule has 0 N–H and O–H groups in total. The Bertz CT molecular complexity index is 1500. The lowest BCUT2D eigenvalue weighted by molar-refractivity contribution is 0.957. The molecule has 6 aromatic heterocycles. The highest BCUT2D eigenvalue weighted by Crippen LogP contribution is 2.17. The first-order chi connectivity index (χ1) is 16.1. The molecule has 0 spiro atoms. The molecule has 0 atom stereocenters. The first-order valence-corrected chi connectivity index (χ1v) is 13.6. The van der Waals surface area contributed by atoms with Gasteiger partial charge in [0, 0.05) is 53.3 Å². The van der Waals surface area contributed by atoms with Crippen LogP contribution in [-0.2, 0) is 0 Å². The molecule has 0 aliphatic heterocycles. The summed E-state index contributed by atoms with van der Waals surface area (Å²) in [6, 6.07) is 15.9. The van der Waals surface area contributed by atoms with E-state index in [1.54, 1.807) is 18.6 Å². The molecule has 0 amide bonds. The van der Waals surface area contributed by atoms with Crippen molar-refractivity contribution in [3.8, 4) is 11.8 Å². The number of pyridine rings is 2. The molecule has 0 aliphatic rings. The van der Waals surface area contributed by atoms with Gasteiger partial charge in [0.05, 0.1) is 0 Å². The summed E-state index contributed by atoms with van der Waals surface area (Å²) in [4.78, 5) is 28.1. The monoisotopic (exact) mass is 448 g/mol. The van der Waals surface area contributed by atoms with Gasteiger partial charge in [-0.15, -0.1) is 0 Å². The summed E-state index contributed by atoms with van der Waals surface area (Å²) < 4.78 is 3.91. The minimum absolute atomic E-state index is 0.596. The first-order valence-electron chi connectivity index (χ1n) is 10.6. The van der Waals surface area contributed by atoms with Gasteiger partial charge in [0.2, 0.25) is 5.95 Å². The van der Waals surface area contributed by atoms with Crippen LogP contribution in [-0.4, -0.2) is 47.1 Å². The Kier molecular flexibility index (Phi) is 4.37. The van der Waals surface area contributed by atoms with Crippen LogP contribution in [0.2, 0.25) is 13.1 Å². The number of rotatable bonds is 4. The fourth-order valence-corrected chi connectivity index (χ4v) is 5.88. The van der Waals surface area contributed by atoms with Crippen LogP contribution in [0.1, 0.15) is 0 Å². The van der Waals surface area contributed by atoms with Crippen LogP contribution in [0.4, 0.5) is 0 Å². The largest absolute Gasteiger partial charge is 0.285 e. The highest BCUT2D eigenvalue weighted by Gasteiger charge is 2.32. The van der Waals surface area contributed by atoms with E-state index in [1.807, 2.05) is 76.3 Å². The van der Waals surface area contributed by atoms with E-state index in [9.17, 15) is 0 Å². The zero-order chi connectivity index (χ0) is 22.4. The van der Waals surface area contributed by atoms with E-state index in [1.165, 1.54) is 0 Å². The Morgan fingerprint density at radius 3 is 2.06 bits per heavy atom. The lowest BCUT2D eigenvalue weighted by atomic mass is 10.3. The maximum atomic E-state index is 4.95. The molecular formula is C24H20N8Si. The van der Waals surface area contributed by atoms with Crippen molar-refractivity contribution >= 4 is 40.9 Å². The van der Waals surface area contributed by atoms with Crippen molar-refractivity contribution < 1.29 is 0 Å². The summed E-state index contributed by atoms with van der Waals surface area (Å²) in [6.07, 6.45) is 11.1. The van der Waals surface area contributed by atoms with Gasteiger partial charge in [-0.1, -0.05) is 13.1 Å². The van der Waals surface area contributed by atoms with E-state index < -0.39 is 8.07 Å². The molecule has 0 aliphatic carbocycles. The van der Waals surface area contributed by atoms with Gasteiger partial charge in [0.1, 0.15) is 22.6 Å². The van der Waals surface area contributed by atoms with Crippen molar-refractivity contribution in [2.24, 2.45) is 0 Å². The lowest BCUT2D eigenvalue weighted by Gasteiger charge is -2.21. The number of nitrogens with zero attached hydrogens (tertiary/aromatic N) is 8. The lowest BCUT2D eigenvalue weighted by Crippen LogP contribution is -2.57. The average molecular weight is 449 g/mol. The summed E-state index contributed by atoms with van der Waals surface area (Å²) >= 11 is 0. The molecular weight excluding hydrogens is 428 g/mol. The topological polar surface area (TPSA) is 87.2 Å². The average Bonchev–Trinajstić information content (AvgIpc) is 3.49. The van der Waals surface area contributed by atoms with Gasteiger partial charge in [0.15, 0.2) is 8.07 Å². The van der Waals surface area contributed by atoms with Crippen molar-refractivity contribution in [3.63, 3.8) is 0 Å². The Hall–Kier alpha value is -4.24. The van der Waals surface area contributed by atoms with Gasteiger partial charge in [-0.05, 0) is 48.5 Å². The molecule has 6 rings (SSSR count). The second-order valence-electron chi connectivity index (χ2n) is 8.31. The third-order valence-corrected chi connectivity index (χ3v) is 8.76. The summed E-state index contributed by atoms with van der Waals surface area (Å²) in [7, 11) is -2.32. The zero-order valence-electron chi connectivity index (χ0n) is 18.2. The summed E-state index contributed by atoms with van der Waals surface area (Å²) in [5, 5.41) is 3.08. The molecule has 8 nitrogen and oxygen atoms in total. The van der Waals surface area contributed by atoms with Crippen LogP contribution in [0.5, 0.6) is 0 Å². The quantitative estimate of drug-likeness (QED) is 0.386. The standard InChI is InChI=1S/C24H20N8Si/c1-33(2,20-8-14-27-23(30-20)32-16-10-18-6-4-12-26-22(18)32)24-28-13-7-19(29-24)31-15-9-17-5-3-11-25-21(17)31/h3-16H,1-2H3. The highest BCUT2D eigenvalue weighted by molar-refractivity contribution is 6.98. The van der Waals surface area contributed by atoms with E-state index in [4.69, 9.17) is 9.97 Å². The minimum atomic E-state index is -2.32. The molecule has 6 aromatic rings. The zero-order valence-corrected chi connectivity index (χ0v) is 19.2. The Morgan fingerprint density at radius 2 is 1.30 bits per heavy atom. The Labute approximate surface area is 190 Å². The molecule has 0 saturated heterocycles. The van der Waals surface area contributed by atoms with Crippen LogP contribution >= 0.6 is 0 Å². The molecule has 33 heavy (non-hydrogen) atoms. The molecule has 0 aromatic carbocycles. The van der Waals surface area contributed by atoms with Gasteiger partial charge in [-0.2, -0.15) is 0 Å². The highest BCUT2D eigenvalue weighted by atomic mass is 28.3. The van der Waals surface area contributed by atoms with Crippen LogP contribution in [0.3, 0.4) is 0 Å². The van der Waals surface area contributed by atoms with E-state index in [0.717, 1.165) is 38.6 Å². The van der Waals surface area contributed by atoms with Crippen molar-refractivity contribution in [1.29, 1.82) is 0 Å². The van der Waals surface area contributed by atoms with E-state index in [0.29, 0.717) is 5.95 Å². The van der Waals surface area contributed by atoms with Crippen LogP contribution in [0.25, 0.3) is 33.8 Å².